The summed E-state index contributed by atoms with van der Waals surface area (Å²) in [6.45, 7) is 0. The van der Waals surface area contributed by atoms with Gasteiger partial charge in [-0.1, -0.05) is 11.6 Å². The Bertz CT molecular complexity index is 905. The fourth-order valence-corrected chi connectivity index (χ4v) is 4.04. The highest BCUT2D eigenvalue weighted by molar-refractivity contribution is 7.80. The molecule has 8 nitrogen and oxygen atoms in total. The summed E-state index contributed by atoms with van der Waals surface area (Å²) in [5.74, 6) is 2.71. The van der Waals surface area contributed by atoms with Gasteiger partial charge in [-0.15, -0.1) is 0 Å². The van der Waals surface area contributed by atoms with Crippen LogP contribution in [0, 0.1) is 0 Å². The monoisotopic (exact) mass is 464 g/mol. The molecule has 0 bridgehead atoms. The van der Waals surface area contributed by atoms with Crippen LogP contribution in [-0.2, 0) is 0 Å². The lowest BCUT2D eigenvalue weighted by Gasteiger charge is -2.30. The highest BCUT2D eigenvalue weighted by Gasteiger charge is 2.22. The number of halogens is 1. The SMILES string of the molecule is COc1cc(NC(=S)NC2CCC(Nc3nccc(N(C)C)n3)CC2)c(OC)cc1Cl. The molecule has 1 aliphatic rings. The molecule has 2 aromatic rings. The molecule has 0 aliphatic heterocycles. The molecule has 10 heteroatoms. The van der Waals surface area contributed by atoms with E-state index in [-0.39, 0.29) is 0 Å². The van der Waals surface area contributed by atoms with Gasteiger partial charge in [-0.25, -0.2) is 4.98 Å². The molecule has 0 unspecified atom stereocenters. The Morgan fingerprint density at radius 1 is 1.10 bits per heavy atom. The van der Waals surface area contributed by atoms with Gasteiger partial charge in [0.15, 0.2) is 5.11 Å². The summed E-state index contributed by atoms with van der Waals surface area (Å²) in [4.78, 5) is 10.8. The summed E-state index contributed by atoms with van der Waals surface area (Å²) in [7, 11) is 7.10. The van der Waals surface area contributed by atoms with Crippen LogP contribution in [0.2, 0.25) is 5.02 Å². The Morgan fingerprint density at radius 2 is 1.77 bits per heavy atom. The average molecular weight is 465 g/mol. The van der Waals surface area contributed by atoms with Crippen LogP contribution in [0.25, 0.3) is 0 Å². The van der Waals surface area contributed by atoms with Crippen molar-refractivity contribution in [2.75, 3.05) is 43.8 Å². The van der Waals surface area contributed by atoms with Crippen molar-refractivity contribution >= 4 is 46.4 Å². The number of thiocarbonyl (C=S) groups is 1. The smallest absolute Gasteiger partial charge is 0.224 e. The zero-order valence-corrected chi connectivity index (χ0v) is 19.8. The van der Waals surface area contributed by atoms with Crippen LogP contribution in [0.4, 0.5) is 17.5 Å². The minimum Gasteiger partial charge on any atom is -0.495 e. The van der Waals surface area contributed by atoms with Gasteiger partial charge in [0, 0.05) is 44.5 Å². The van der Waals surface area contributed by atoms with Crippen molar-refractivity contribution in [3.8, 4) is 11.5 Å². The summed E-state index contributed by atoms with van der Waals surface area (Å²) in [6, 6.07) is 6.02. The molecule has 1 saturated carbocycles. The Morgan fingerprint density at radius 3 is 2.42 bits per heavy atom. The van der Waals surface area contributed by atoms with Gasteiger partial charge in [-0.3, -0.25) is 0 Å². The summed E-state index contributed by atoms with van der Waals surface area (Å²) < 4.78 is 10.7. The number of rotatable bonds is 7. The quantitative estimate of drug-likeness (QED) is 0.528. The highest BCUT2D eigenvalue weighted by Crippen LogP contribution is 2.35. The molecule has 31 heavy (non-hydrogen) atoms. The van der Waals surface area contributed by atoms with E-state index in [1.807, 2.05) is 25.1 Å². The van der Waals surface area contributed by atoms with Crippen molar-refractivity contribution in [2.45, 2.75) is 37.8 Å². The molecule has 1 fully saturated rings. The Labute approximate surface area is 193 Å². The van der Waals surface area contributed by atoms with Gasteiger partial charge in [-0.2, -0.15) is 4.98 Å². The third-order valence-corrected chi connectivity index (χ3v) is 5.73. The zero-order chi connectivity index (χ0) is 22.4. The van der Waals surface area contributed by atoms with E-state index < -0.39 is 0 Å². The molecule has 168 valence electrons. The minimum atomic E-state index is 0.298. The first-order chi connectivity index (χ1) is 14.9. The van der Waals surface area contributed by atoms with Crippen molar-refractivity contribution in [2.24, 2.45) is 0 Å². The Kier molecular flexibility index (Phi) is 7.97. The van der Waals surface area contributed by atoms with Crippen molar-refractivity contribution in [3.05, 3.63) is 29.4 Å². The maximum atomic E-state index is 6.17. The van der Waals surface area contributed by atoms with E-state index in [4.69, 9.17) is 33.3 Å². The topological polar surface area (TPSA) is 83.6 Å². The molecular weight excluding hydrogens is 436 g/mol. The summed E-state index contributed by atoms with van der Waals surface area (Å²) in [6.07, 6.45) is 5.78. The number of hydrogen-bond donors (Lipinski definition) is 3. The van der Waals surface area contributed by atoms with Crippen LogP contribution in [0.5, 0.6) is 11.5 Å². The van der Waals surface area contributed by atoms with E-state index >= 15 is 0 Å². The number of methoxy groups -OCH3 is 2. The van der Waals surface area contributed by atoms with Crippen LogP contribution in [0.1, 0.15) is 25.7 Å². The van der Waals surface area contributed by atoms with E-state index in [0.29, 0.717) is 45.4 Å². The van der Waals surface area contributed by atoms with Crippen LogP contribution in [0.3, 0.4) is 0 Å². The van der Waals surface area contributed by atoms with E-state index in [2.05, 4.69) is 25.9 Å². The van der Waals surface area contributed by atoms with E-state index in [1.165, 1.54) is 0 Å². The number of nitrogens with zero attached hydrogens (tertiary/aromatic N) is 3. The first-order valence-electron chi connectivity index (χ1n) is 10.2. The summed E-state index contributed by atoms with van der Waals surface area (Å²) >= 11 is 11.7. The molecule has 0 spiro atoms. The first-order valence-corrected chi connectivity index (χ1v) is 10.9. The molecule has 3 rings (SSSR count). The Balaban J connectivity index is 1.51. The van der Waals surface area contributed by atoms with Crippen molar-refractivity contribution in [1.82, 2.24) is 15.3 Å². The van der Waals surface area contributed by atoms with Crippen LogP contribution < -0.4 is 30.3 Å². The van der Waals surface area contributed by atoms with Crippen LogP contribution >= 0.6 is 23.8 Å². The molecule has 1 aromatic carbocycles. The number of anilines is 3. The third kappa shape index (κ3) is 6.24. The van der Waals surface area contributed by atoms with Gasteiger partial charge in [-0.05, 0) is 44.0 Å². The van der Waals surface area contributed by atoms with Crippen molar-refractivity contribution in [3.63, 3.8) is 0 Å². The average Bonchev–Trinajstić information content (AvgIpc) is 2.76. The number of ether oxygens (including phenoxy) is 2. The summed E-state index contributed by atoms with van der Waals surface area (Å²) in [5, 5.41) is 11.1. The fraction of sp³-hybridized carbons (Fsp3) is 0.476. The van der Waals surface area contributed by atoms with Gasteiger partial charge in [0.25, 0.3) is 0 Å². The lowest BCUT2D eigenvalue weighted by molar-refractivity contribution is 0.387. The maximum Gasteiger partial charge on any atom is 0.224 e. The summed E-state index contributed by atoms with van der Waals surface area (Å²) in [5.41, 5.74) is 0.703. The zero-order valence-electron chi connectivity index (χ0n) is 18.2. The minimum absolute atomic E-state index is 0.298. The van der Waals surface area contributed by atoms with Gasteiger partial charge in [0.05, 0.1) is 24.9 Å². The van der Waals surface area contributed by atoms with Crippen LogP contribution in [-0.4, -0.2) is 55.5 Å². The predicted molar refractivity (Wildman–Crippen MR) is 130 cm³/mol. The molecular formula is C21H29ClN6O2S. The molecule has 0 radical (unpaired) electrons. The first kappa shape index (κ1) is 23.1. The third-order valence-electron chi connectivity index (χ3n) is 5.22. The van der Waals surface area contributed by atoms with Crippen molar-refractivity contribution < 1.29 is 9.47 Å². The lowest BCUT2D eigenvalue weighted by Crippen LogP contribution is -2.42. The number of aromatic nitrogens is 2. The normalized spacial score (nSPS) is 18.1. The second kappa shape index (κ2) is 10.7. The molecule has 1 heterocycles. The van der Waals surface area contributed by atoms with E-state index in [9.17, 15) is 0 Å². The van der Waals surface area contributed by atoms with Gasteiger partial charge in [0.2, 0.25) is 5.95 Å². The molecule has 1 aliphatic carbocycles. The van der Waals surface area contributed by atoms with Gasteiger partial charge < -0.3 is 30.3 Å². The predicted octanol–water partition coefficient (Wildman–Crippen LogP) is 3.92. The fourth-order valence-electron chi connectivity index (χ4n) is 3.53. The van der Waals surface area contributed by atoms with E-state index in [1.54, 1.807) is 32.5 Å². The standard InChI is InChI=1S/C21H29ClN6O2S/c1-28(2)19-9-10-23-20(27-19)24-13-5-7-14(8-6-13)25-21(31)26-16-12-17(29-3)15(22)11-18(16)30-4/h9-14H,5-8H2,1-4H3,(H,23,24,27)(H2,25,26,31). The number of benzene rings is 1. The van der Waals surface area contributed by atoms with Gasteiger partial charge >= 0.3 is 0 Å². The van der Waals surface area contributed by atoms with Crippen molar-refractivity contribution in [1.29, 1.82) is 0 Å². The molecule has 0 saturated heterocycles. The number of hydrogen-bond acceptors (Lipinski definition) is 7. The highest BCUT2D eigenvalue weighted by atomic mass is 35.5. The Hall–Kier alpha value is -2.52. The van der Waals surface area contributed by atoms with Gasteiger partial charge in [0.1, 0.15) is 17.3 Å². The molecule has 0 atom stereocenters. The van der Waals surface area contributed by atoms with E-state index in [0.717, 1.165) is 31.5 Å². The second-order valence-electron chi connectivity index (χ2n) is 7.61. The largest absolute Gasteiger partial charge is 0.495 e. The molecule has 3 N–H and O–H groups in total. The van der Waals surface area contributed by atoms with Crippen LogP contribution in [0.15, 0.2) is 24.4 Å². The number of nitrogens with one attached hydrogen (secondary N) is 3. The lowest BCUT2D eigenvalue weighted by atomic mass is 9.91. The maximum absolute atomic E-state index is 6.17. The molecule has 1 aromatic heterocycles. The molecule has 0 amide bonds. The second-order valence-corrected chi connectivity index (χ2v) is 8.43.